The van der Waals surface area contributed by atoms with Crippen molar-refractivity contribution in [3.8, 4) is 0 Å². The van der Waals surface area contributed by atoms with E-state index in [0.717, 1.165) is 0 Å². The number of nitrogens with zero attached hydrogens (tertiary/aromatic N) is 1. The summed E-state index contributed by atoms with van der Waals surface area (Å²) < 4.78 is 5.42. The summed E-state index contributed by atoms with van der Waals surface area (Å²) in [5.41, 5.74) is 7.84. The predicted molar refractivity (Wildman–Crippen MR) is 80.6 cm³/mol. The van der Waals surface area contributed by atoms with Crippen LogP contribution < -0.4 is 11.2 Å². The Bertz CT molecular complexity index is 850. The quantitative estimate of drug-likeness (QED) is 0.571. The molecule has 1 heterocycles. The molecular formula is C16H12N2O2. The van der Waals surface area contributed by atoms with Gasteiger partial charge in [-0.1, -0.05) is 24.3 Å². The van der Waals surface area contributed by atoms with Crippen LogP contribution in [0.2, 0.25) is 0 Å². The molecule has 98 valence electrons. The van der Waals surface area contributed by atoms with Crippen LogP contribution in [0.15, 0.2) is 69.0 Å². The normalized spacial score (nSPS) is 11.2. The van der Waals surface area contributed by atoms with Gasteiger partial charge in [-0.15, -0.1) is 0 Å². The van der Waals surface area contributed by atoms with Crippen molar-refractivity contribution in [2.45, 2.75) is 0 Å². The number of hydrogen-bond donors (Lipinski definition) is 1. The summed E-state index contributed by atoms with van der Waals surface area (Å²) in [6.07, 6.45) is 2.89. The monoisotopic (exact) mass is 264 g/mol. The molecule has 0 amide bonds. The van der Waals surface area contributed by atoms with E-state index < -0.39 is 0 Å². The number of aliphatic imine (C=N–C) groups is 1. The number of fused-ring (bicyclic) bond motifs is 1. The van der Waals surface area contributed by atoms with Gasteiger partial charge in [0.1, 0.15) is 11.8 Å². The number of nitrogens with two attached hydrogens (primary N) is 1. The second-order valence-electron chi connectivity index (χ2n) is 4.33. The molecule has 0 fully saturated rings. The van der Waals surface area contributed by atoms with Crippen molar-refractivity contribution < 1.29 is 4.42 Å². The number of para-hydroxylation sites is 3. The minimum Gasteiger partial charge on any atom is -0.463 e. The highest BCUT2D eigenvalue weighted by atomic mass is 16.3. The van der Waals surface area contributed by atoms with Crippen molar-refractivity contribution in [2.24, 2.45) is 4.99 Å². The summed E-state index contributed by atoms with van der Waals surface area (Å²) in [6.45, 7) is 0. The fraction of sp³-hybridized carbons (Fsp3) is 0. The number of benzene rings is 2. The predicted octanol–water partition coefficient (Wildman–Crippen LogP) is 3.13. The molecule has 0 saturated carbocycles. The second-order valence-corrected chi connectivity index (χ2v) is 4.33. The lowest BCUT2D eigenvalue weighted by atomic mass is 10.2. The number of rotatable bonds is 2. The highest BCUT2D eigenvalue weighted by Gasteiger charge is 2.04. The molecule has 20 heavy (non-hydrogen) atoms. The highest BCUT2D eigenvalue weighted by molar-refractivity contribution is 5.88. The largest absolute Gasteiger partial charge is 0.463 e. The van der Waals surface area contributed by atoms with Crippen molar-refractivity contribution in [2.75, 3.05) is 5.73 Å². The zero-order valence-electron chi connectivity index (χ0n) is 10.6. The molecule has 0 saturated heterocycles. The summed E-state index contributed by atoms with van der Waals surface area (Å²) in [4.78, 5) is 16.5. The Morgan fingerprint density at radius 2 is 1.80 bits per heavy atom. The first-order chi connectivity index (χ1) is 9.75. The van der Waals surface area contributed by atoms with E-state index in [9.17, 15) is 4.79 Å². The lowest BCUT2D eigenvalue weighted by molar-refractivity contribution is 0.601. The van der Waals surface area contributed by atoms with E-state index in [4.69, 9.17) is 10.2 Å². The van der Waals surface area contributed by atoms with Crippen molar-refractivity contribution in [1.29, 1.82) is 0 Å². The summed E-state index contributed by atoms with van der Waals surface area (Å²) >= 11 is 0. The van der Waals surface area contributed by atoms with Gasteiger partial charge in [-0.2, -0.15) is 0 Å². The Labute approximate surface area is 115 Å². The van der Waals surface area contributed by atoms with Crippen molar-refractivity contribution in [1.82, 2.24) is 0 Å². The molecule has 2 aromatic carbocycles. The SMILES string of the molecule is Nc1ccccc1N=Cc1coc2ccccc2c1=O. The second kappa shape index (κ2) is 5.01. The third-order valence-electron chi connectivity index (χ3n) is 2.99. The topological polar surface area (TPSA) is 68.6 Å². The van der Waals surface area contributed by atoms with Gasteiger partial charge < -0.3 is 10.2 Å². The molecule has 0 radical (unpaired) electrons. The maximum Gasteiger partial charge on any atom is 0.201 e. The third kappa shape index (κ3) is 2.19. The molecule has 0 spiro atoms. The Balaban J connectivity index is 2.06. The molecule has 0 aliphatic heterocycles. The molecule has 1 aromatic heterocycles. The molecule has 3 rings (SSSR count). The molecular weight excluding hydrogens is 252 g/mol. The standard InChI is InChI=1S/C16H12N2O2/c17-13-6-2-3-7-14(13)18-9-11-10-20-15-8-4-1-5-12(15)16(11)19/h1-10H,17H2. The smallest absolute Gasteiger partial charge is 0.201 e. The van der Waals surface area contributed by atoms with Gasteiger partial charge in [0.25, 0.3) is 0 Å². The minimum absolute atomic E-state index is 0.106. The third-order valence-corrected chi connectivity index (χ3v) is 2.99. The van der Waals surface area contributed by atoms with Gasteiger partial charge in [-0.25, -0.2) is 0 Å². The van der Waals surface area contributed by atoms with Gasteiger partial charge in [0.15, 0.2) is 0 Å². The Kier molecular flexibility index (Phi) is 3.05. The van der Waals surface area contributed by atoms with E-state index in [2.05, 4.69) is 4.99 Å². The summed E-state index contributed by atoms with van der Waals surface area (Å²) in [5.74, 6) is 0. The average molecular weight is 264 g/mol. The van der Waals surface area contributed by atoms with Crippen molar-refractivity contribution in [3.63, 3.8) is 0 Å². The molecule has 0 bridgehead atoms. The van der Waals surface area contributed by atoms with Gasteiger partial charge in [-0.3, -0.25) is 9.79 Å². The lowest BCUT2D eigenvalue weighted by Gasteiger charge is -1.99. The van der Waals surface area contributed by atoms with E-state index in [1.54, 1.807) is 30.3 Å². The zero-order valence-corrected chi connectivity index (χ0v) is 10.6. The van der Waals surface area contributed by atoms with Crippen LogP contribution in [0.25, 0.3) is 11.0 Å². The van der Waals surface area contributed by atoms with E-state index in [-0.39, 0.29) is 5.43 Å². The summed E-state index contributed by atoms with van der Waals surface area (Å²) in [6, 6.07) is 14.3. The minimum atomic E-state index is -0.106. The zero-order chi connectivity index (χ0) is 13.9. The van der Waals surface area contributed by atoms with Gasteiger partial charge in [0.05, 0.1) is 22.3 Å². The van der Waals surface area contributed by atoms with Gasteiger partial charge in [0.2, 0.25) is 5.43 Å². The molecule has 0 atom stereocenters. The van der Waals surface area contributed by atoms with Gasteiger partial charge in [-0.05, 0) is 24.3 Å². The Morgan fingerprint density at radius 1 is 1.05 bits per heavy atom. The summed E-state index contributed by atoms with van der Waals surface area (Å²) in [5, 5.41) is 0.539. The molecule has 4 heteroatoms. The Morgan fingerprint density at radius 3 is 2.65 bits per heavy atom. The van der Waals surface area contributed by atoms with E-state index in [0.29, 0.717) is 27.9 Å². The maximum absolute atomic E-state index is 12.3. The fourth-order valence-corrected chi connectivity index (χ4v) is 1.93. The van der Waals surface area contributed by atoms with Crippen molar-refractivity contribution >= 4 is 28.6 Å². The van der Waals surface area contributed by atoms with Crippen LogP contribution in [0.4, 0.5) is 11.4 Å². The highest BCUT2D eigenvalue weighted by Crippen LogP contribution is 2.20. The van der Waals surface area contributed by atoms with Crippen LogP contribution >= 0.6 is 0 Å². The van der Waals surface area contributed by atoms with Gasteiger partial charge >= 0.3 is 0 Å². The first-order valence-corrected chi connectivity index (χ1v) is 6.15. The van der Waals surface area contributed by atoms with Crippen LogP contribution in [-0.2, 0) is 0 Å². The molecule has 0 aliphatic carbocycles. The molecule has 0 aliphatic rings. The summed E-state index contributed by atoms with van der Waals surface area (Å²) in [7, 11) is 0. The van der Waals surface area contributed by atoms with Crippen molar-refractivity contribution in [3.05, 3.63) is 70.6 Å². The van der Waals surface area contributed by atoms with Crippen LogP contribution in [-0.4, -0.2) is 6.21 Å². The molecule has 0 unspecified atom stereocenters. The van der Waals surface area contributed by atoms with Crippen LogP contribution in [0, 0.1) is 0 Å². The average Bonchev–Trinajstić information content (AvgIpc) is 2.48. The number of anilines is 1. The number of nitrogen functional groups attached to an aromatic ring is 1. The molecule has 2 N–H and O–H groups in total. The maximum atomic E-state index is 12.3. The van der Waals surface area contributed by atoms with Crippen LogP contribution in [0.1, 0.15) is 5.56 Å². The fourth-order valence-electron chi connectivity index (χ4n) is 1.93. The van der Waals surface area contributed by atoms with Crippen LogP contribution in [0.3, 0.4) is 0 Å². The lowest BCUT2D eigenvalue weighted by Crippen LogP contribution is -2.07. The first-order valence-electron chi connectivity index (χ1n) is 6.15. The molecule has 3 aromatic rings. The first kappa shape index (κ1) is 12.2. The van der Waals surface area contributed by atoms with E-state index >= 15 is 0 Å². The van der Waals surface area contributed by atoms with Crippen LogP contribution in [0.5, 0.6) is 0 Å². The number of hydrogen-bond acceptors (Lipinski definition) is 4. The molecule has 4 nitrogen and oxygen atoms in total. The van der Waals surface area contributed by atoms with E-state index in [1.165, 1.54) is 12.5 Å². The van der Waals surface area contributed by atoms with Gasteiger partial charge in [0, 0.05) is 6.21 Å². The van der Waals surface area contributed by atoms with E-state index in [1.807, 2.05) is 18.2 Å². The Hall–Kier alpha value is -2.88.